The van der Waals surface area contributed by atoms with Gasteiger partial charge in [-0.3, -0.25) is 33.7 Å². The number of carbonyl (C=O) groups is 7. The molecule has 1 aliphatic heterocycles. The van der Waals surface area contributed by atoms with Gasteiger partial charge in [0, 0.05) is 43.8 Å². The predicted molar refractivity (Wildman–Crippen MR) is 255 cm³/mol. The highest BCUT2D eigenvalue weighted by Gasteiger charge is 2.31. The molecule has 5 amide bonds. The molecule has 1 fully saturated rings. The van der Waals surface area contributed by atoms with Crippen LogP contribution >= 0.6 is 0 Å². The molecule has 1 atom stereocenters. The number of amides is 5. The van der Waals surface area contributed by atoms with Gasteiger partial charge in [0.2, 0.25) is 17.7 Å². The summed E-state index contributed by atoms with van der Waals surface area (Å²) in [7, 11) is 1.92. The van der Waals surface area contributed by atoms with E-state index in [9.17, 15) is 33.6 Å². The van der Waals surface area contributed by atoms with E-state index in [1.165, 1.54) is 24.0 Å². The second-order valence-electron chi connectivity index (χ2n) is 17.6. The van der Waals surface area contributed by atoms with E-state index in [-0.39, 0.29) is 72.5 Å². The van der Waals surface area contributed by atoms with Crippen LogP contribution in [0.5, 0.6) is 0 Å². The Morgan fingerprint density at radius 1 is 0.941 bits per heavy atom. The van der Waals surface area contributed by atoms with Crippen molar-refractivity contribution in [3.05, 3.63) is 53.9 Å². The second-order valence-corrected chi connectivity index (χ2v) is 17.6. The van der Waals surface area contributed by atoms with Crippen molar-refractivity contribution < 1.29 is 52.5 Å². The third-order valence-corrected chi connectivity index (χ3v) is 10.9. The summed E-state index contributed by atoms with van der Waals surface area (Å²) in [5, 5.41) is 19.8. The molecule has 1 aromatic heterocycles. The van der Waals surface area contributed by atoms with E-state index in [2.05, 4.69) is 59.3 Å². The lowest BCUT2D eigenvalue weighted by atomic mass is 9.81. The molecule has 2 aliphatic rings. The number of hydrogen-bond donors (Lipinski definition) is 5. The number of nitrogens with one attached hydrogen (secondary N) is 4. The first-order valence-electron chi connectivity index (χ1n) is 23.6. The number of nitrogens with zero attached hydrogens (tertiary/aromatic N) is 4. The maximum Gasteiger partial charge on any atom is 0.302 e. The highest BCUT2D eigenvalue weighted by atomic mass is 16.5. The zero-order valence-corrected chi connectivity index (χ0v) is 41.4. The van der Waals surface area contributed by atoms with Gasteiger partial charge in [-0.25, -0.2) is 4.68 Å². The zero-order valence-electron chi connectivity index (χ0n) is 41.4. The molecule has 1 unspecified atom stereocenters. The van der Waals surface area contributed by atoms with Crippen molar-refractivity contribution >= 4 is 47.5 Å². The van der Waals surface area contributed by atoms with Gasteiger partial charge >= 0.3 is 5.97 Å². The lowest BCUT2D eigenvalue weighted by Crippen LogP contribution is -2.45. The van der Waals surface area contributed by atoms with Crippen molar-refractivity contribution in [2.45, 2.75) is 137 Å². The number of imide groups is 1. The Kier molecular flexibility index (Phi) is 27.3. The van der Waals surface area contributed by atoms with Gasteiger partial charge in [0.25, 0.3) is 11.8 Å². The minimum atomic E-state index is -0.750. The van der Waals surface area contributed by atoms with E-state index in [1.807, 2.05) is 27.1 Å². The van der Waals surface area contributed by atoms with Gasteiger partial charge in [-0.15, -0.1) is 5.10 Å². The SMILES string of the molecule is CC.CC(=O)OCc1ccc(NC(=O)C(CCCCN)NC(=O)COCC=O)cc1.CNCC(C)(C)OCCC(C)(C)OCCn1cc(CNC(=O)C2CCC(CN3C(=O)C=CC3=O)CC2)nn1. The number of esters is 1. The van der Waals surface area contributed by atoms with Crippen LogP contribution in [0.25, 0.3) is 0 Å². The van der Waals surface area contributed by atoms with Crippen LogP contribution in [-0.4, -0.2) is 132 Å². The smallest absolute Gasteiger partial charge is 0.302 e. The minimum Gasteiger partial charge on any atom is -0.461 e. The molecular weight excluding hydrogens is 879 g/mol. The zero-order chi connectivity index (χ0) is 50.5. The summed E-state index contributed by atoms with van der Waals surface area (Å²) in [4.78, 5) is 83.0. The number of carbonyl (C=O) groups excluding carboxylic acids is 7. The first kappa shape index (κ1) is 58.7. The van der Waals surface area contributed by atoms with Gasteiger partial charge in [0.1, 0.15) is 37.8 Å². The fourth-order valence-electron chi connectivity index (χ4n) is 7.16. The van der Waals surface area contributed by atoms with Crippen LogP contribution < -0.4 is 27.0 Å². The number of ether oxygens (including phenoxy) is 4. The minimum absolute atomic E-state index is 0.0122. The lowest BCUT2D eigenvalue weighted by molar-refractivity contribution is -0.142. The summed E-state index contributed by atoms with van der Waals surface area (Å²) >= 11 is 0. The quantitative estimate of drug-likeness (QED) is 0.0354. The van der Waals surface area contributed by atoms with Crippen LogP contribution in [0.4, 0.5) is 5.69 Å². The average Bonchev–Trinajstić information content (AvgIpc) is 3.89. The Balaban J connectivity index is 0.000000471. The molecule has 20 heteroatoms. The van der Waals surface area contributed by atoms with Crippen molar-refractivity contribution in [3.63, 3.8) is 0 Å². The highest BCUT2D eigenvalue weighted by Crippen LogP contribution is 2.30. The molecular formula is C48H77N9O11. The summed E-state index contributed by atoms with van der Waals surface area (Å²) in [5.41, 5.74) is 6.98. The van der Waals surface area contributed by atoms with Crippen LogP contribution in [0.3, 0.4) is 0 Å². The predicted octanol–water partition coefficient (Wildman–Crippen LogP) is 3.37. The van der Waals surface area contributed by atoms with E-state index in [4.69, 9.17) is 24.7 Å². The molecule has 380 valence electrons. The third-order valence-electron chi connectivity index (χ3n) is 10.9. The molecule has 0 spiro atoms. The van der Waals surface area contributed by atoms with E-state index < -0.39 is 11.9 Å². The number of rotatable bonds is 28. The van der Waals surface area contributed by atoms with Crippen molar-refractivity contribution in [3.8, 4) is 0 Å². The monoisotopic (exact) mass is 956 g/mol. The molecule has 1 aromatic carbocycles. The van der Waals surface area contributed by atoms with Crippen LogP contribution in [-0.2, 0) is 72.2 Å². The first-order chi connectivity index (χ1) is 32.4. The fraction of sp³-hybridized carbons (Fsp3) is 0.646. The molecule has 0 saturated heterocycles. The topological polar surface area (TPSA) is 264 Å². The number of anilines is 1. The van der Waals surface area contributed by atoms with E-state index in [0.717, 1.165) is 50.6 Å². The Labute approximate surface area is 401 Å². The Morgan fingerprint density at radius 2 is 1.60 bits per heavy atom. The fourth-order valence-corrected chi connectivity index (χ4v) is 7.16. The molecule has 2 aromatic rings. The molecule has 4 rings (SSSR count). The van der Waals surface area contributed by atoms with Gasteiger partial charge in [-0.2, -0.15) is 0 Å². The molecule has 1 saturated carbocycles. The maximum atomic E-state index is 12.7. The van der Waals surface area contributed by atoms with Crippen LogP contribution in [0.15, 0.2) is 42.6 Å². The van der Waals surface area contributed by atoms with Crippen molar-refractivity contribution in [1.82, 2.24) is 35.8 Å². The molecule has 0 bridgehead atoms. The van der Waals surface area contributed by atoms with Gasteiger partial charge in [-0.1, -0.05) is 31.2 Å². The Hall–Kier alpha value is -5.41. The number of aldehydes is 1. The lowest BCUT2D eigenvalue weighted by Gasteiger charge is -2.29. The maximum absolute atomic E-state index is 12.7. The number of hydrogen-bond acceptors (Lipinski definition) is 15. The average molecular weight is 956 g/mol. The van der Waals surface area contributed by atoms with Gasteiger partial charge < -0.3 is 50.7 Å². The number of likely N-dealkylation sites (N-methyl/N-ethyl adjacent to an activating group) is 1. The standard InChI is InChI=1S/C27H44N6O5.C19H27N3O6.C2H6/c1-26(2,12-14-37-27(3,4)19-28-5)38-15-13-32-18-22(30-31-32)16-29-25(36)21-8-6-20(7-9-21)17-33-23(34)10-11-24(33)35;1-14(24)28-12-15-5-7-16(8-6-15)21-19(26)17(4-2-3-9-20)22-18(25)13-27-11-10-23;1-2/h10-11,18,20-21,28H,6-9,12-17,19H2,1-5H3,(H,29,36);5-8,10,17H,2-4,9,11-13,20H2,1H3,(H,21,26)(H,22,25);1-2H3. The molecule has 0 radical (unpaired) electrons. The Bertz CT molecular complexity index is 1880. The first-order valence-corrected chi connectivity index (χ1v) is 23.6. The van der Waals surface area contributed by atoms with Crippen molar-refractivity contribution in [2.75, 3.05) is 58.4 Å². The van der Waals surface area contributed by atoms with E-state index >= 15 is 0 Å². The molecule has 6 N–H and O–H groups in total. The number of benzene rings is 1. The summed E-state index contributed by atoms with van der Waals surface area (Å²) in [5.74, 6) is -1.51. The third kappa shape index (κ3) is 23.5. The highest BCUT2D eigenvalue weighted by molar-refractivity contribution is 6.12. The van der Waals surface area contributed by atoms with E-state index in [0.29, 0.717) is 69.9 Å². The van der Waals surface area contributed by atoms with Gasteiger partial charge in [0.15, 0.2) is 0 Å². The van der Waals surface area contributed by atoms with Crippen molar-refractivity contribution in [1.29, 1.82) is 0 Å². The van der Waals surface area contributed by atoms with Crippen LogP contribution in [0.1, 0.15) is 111 Å². The van der Waals surface area contributed by atoms with Gasteiger partial charge in [-0.05, 0) is 116 Å². The number of nitrogens with two attached hydrogens (primary N) is 1. The van der Waals surface area contributed by atoms with Crippen LogP contribution in [0, 0.1) is 11.8 Å². The number of aromatic nitrogens is 3. The second kappa shape index (κ2) is 31.6. The normalized spacial score (nSPS) is 16.2. The largest absolute Gasteiger partial charge is 0.461 e. The van der Waals surface area contributed by atoms with Crippen molar-refractivity contribution in [2.24, 2.45) is 17.6 Å². The van der Waals surface area contributed by atoms with Crippen LogP contribution in [0.2, 0.25) is 0 Å². The molecule has 2 heterocycles. The summed E-state index contributed by atoms with van der Waals surface area (Å²) in [6.45, 7) is 17.0. The van der Waals surface area contributed by atoms with Gasteiger partial charge in [0.05, 0.1) is 43.7 Å². The molecule has 68 heavy (non-hydrogen) atoms. The van der Waals surface area contributed by atoms with E-state index in [1.54, 1.807) is 28.9 Å². The Morgan fingerprint density at radius 3 is 2.22 bits per heavy atom. The number of unbranched alkanes of at least 4 members (excludes halogenated alkanes) is 1. The summed E-state index contributed by atoms with van der Waals surface area (Å²) in [6.07, 6.45) is 10.7. The molecule has 20 nitrogen and oxygen atoms in total. The summed E-state index contributed by atoms with van der Waals surface area (Å²) in [6, 6.07) is 6.08. The summed E-state index contributed by atoms with van der Waals surface area (Å²) < 4.78 is 23.5. The molecule has 1 aliphatic carbocycles.